The van der Waals surface area contributed by atoms with Crippen molar-refractivity contribution in [3.63, 3.8) is 0 Å². The number of amides is 1. The average molecular weight is 130 g/mol. The molecule has 0 spiro atoms. The Hall–Kier alpha value is -0.770. The van der Waals surface area contributed by atoms with Gasteiger partial charge in [0, 0.05) is 6.54 Å². The van der Waals surface area contributed by atoms with Crippen LogP contribution >= 0.6 is 0 Å². The highest BCUT2D eigenvalue weighted by Gasteiger charge is 2.20. The molecule has 52 valence electrons. The maximum Gasteiger partial charge on any atom is 0.419 e. The van der Waals surface area contributed by atoms with Crippen LogP contribution in [0, 0.1) is 5.92 Å². The molecule has 0 bridgehead atoms. The monoisotopic (exact) mass is 130 g/mol. The molecule has 0 saturated heterocycles. The van der Waals surface area contributed by atoms with Gasteiger partial charge in [0.25, 0.3) is 0 Å². The van der Waals surface area contributed by atoms with E-state index in [1.807, 2.05) is 0 Å². The van der Waals surface area contributed by atoms with Gasteiger partial charge in [-0.15, -0.1) is 0 Å². The summed E-state index contributed by atoms with van der Waals surface area (Å²) in [6, 6.07) is 0. The molecule has 0 aromatic carbocycles. The molecule has 1 aliphatic carbocycles. The number of hydrogen-bond donors (Lipinski definition) is 3. The molecule has 0 radical (unpaired) electrons. The highest BCUT2D eigenvalue weighted by Crippen LogP contribution is 2.27. The van der Waals surface area contributed by atoms with Crippen LogP contribution in [0.3, 0.4) is 0 Å². The van der Waals surface area contributed by atoms with E-state index < -0.39 is 6.09 Å². The van der Waals surface area contributed by atoms with Crippen LogP contribution in [0.1, 0.15) is 12.8 Å². The standard InChI is InChI=1S/C5H10N2O2/c8-5(9)7-6-3-4-1-2-4/h4,6-7H,1-3H2,(H,8,9). The zero-order chi connectivity index (χ0) is 6.69. The molecule has 0 aromatic rings. The second kappa shape index (κ2) is 2.68. The topological polar surface area (TPSA) is 61.4 Å². The first-order chi connectivity index (χ1) is 4.29. The Kier molecular flexibility index (Phi) is 1.89. The Balaban J connectivity index is 1.86. The van der Waals surface area contributed by atoms with Crippen LogP contribution in [0.15, 0.2) is 0 Å². The lowest BCUT2D eigenvalue weighted by Crippen LogP contribution is -2.37. The highest BCUT2D eigenvalue weighted by atomic mass is 16.4. The SMILES string of the molecule is O=C(O)NNCC1CC1. The summed E-state index contributed by atoms with van der Waals surface area (Å²) in [6.07, 6.45) is 1.44. The van der Waals surface area contributed by atoms with Crippen LogP contribution < -0.4 is 10.9 Å². The van der Waals surface area contributed by atoms with Gasteiger partial charge in [0.05, 0.1) is 0 Å². The van der Waals surface area contributed by atoms with Crippen molar-refractivity contribution >= 4 is 6.09 Å². The summed E-state index contributed by atoms with van der Waals surface area (Å²) < 4.78 is 0. The average Bonchev–Trinajstić information content (AvgIpc) is 2.48. The van der Waals surface area contributed by atoms with E-state index in [-0.39, 0.29) is 0 Å². The Bertz CT molecular complexity index is 112. The lowest BCUT2D eigenvalue weighted by molar-refractivity contribution is 0.189. The second-order valence-corrected chi connectivity index (χ2v) is 2.25. The van der Waals surface area contributed by atoms with E-state index in [0.29, 0.717) is 5.92 Å². The predicted molar refractivity (Wildman–Crippen MR) is 31.9 cm³/mol. The molecule has 0 aliphatic heterocycles. The molecule has 0 unspecified atom stereocenters. The molecular formula is C5H10N2O2. The maximum atomic E-state index is 9.83. The fourth-order valence-electron chi connectivity index (χ4n) is 0.593. The molecule has 9 heavy (non-hydrogen) atoms. The number of nitrogens with one attached hydrogen (secondary N) is 2. The fourth-order valence-corrected chi connectivity index (χ4v) is 0.593. The van der Waals surface area contributed by atoms with Crippen molar-refractivity contribution in [3.8, 4) is 0 Å². The normalized spacial score (nSPS) is 17.3. The van der Waals surface area contributed by atoms with E-state index >= 15 is 0 Å². The van der Waals surface area contributed by atoms with Gasteiger partial charge in [0.15, 0.2) is 0 Å². The van der Waals surface area contributed by atoms with Crippen LogP contribution in [0.4, 0.5) is 4.79 Å². The van der Waals surface area contributed by atoms with E-state index in [4.69, 9.17) is 5.11 Å². The van der Waals surface area contributed by atoms with Crippen molar-refractivity contribution in [2.75, 3.05) is 6.54 Å². The van der Waals surface area contributed by atoms with Gasteiger partial charge in [-0.1, -0.05) is 0 Å². The van der Waals surface area contributed by atoms with E-state index in [2.05, 4.69) is 10.9 Å². The summed E-state index contributed by atoms with van der Waals surface area (Å²) >= 11 is 0. The molecule has 1 aliphatic rings. The van der Waals surface area contributed by atoms with E-state index in [0.717, 1.165) is 6.54 Å². The molecule has 0 aromatic heterocycles. The fraction of sp³-hybridized carbons (Fsp3) is 0.800. The number of hydrogen-bond acceptors (Lipinski definition) is 2. The van der Waals surface area contributed by atoms with Gasteiger partial charge in [-0.05, 0) is 18.8 Å². The largest absolute Gasteiger partial charge is 0.464 e. The number of rotatable bonds is 3. The third-order valence-corrected chi connectivity index (χ3v) is 1.28. The lowest BCUT2D eigenvalue weighted by atomic mass is 10.4. The Labute approximate surface area is 53.2 Å². The highest BCUT2D eigenvalue weighted by molar-refractivity contribution is 5.63. The van der Waals surface area contributed by atoms with Crippen molar-refractivity contribution in [2.24, 2.45) is 5.92 Å². The van der Waals surface area contributed by atoms with Gasteiger partial charge < -0.3 is 5.11 Å². The van der Waals surface area contributed by atoms with E-state index in [1.165, 1.54) is 12.8 Å². The second-order valence-electron chi connectivity index (χ2n) is 2.25. The molecule has 1 fully saturated rings. The number of carbonyl (C=O) groups is 1. The van der Waals surface area contributed by atoms with Crippen molar-refractivity contribution in [2.45, 2.75) is 12.8 Å². The van der Waals surface area contributed by atoms with Gasteiger partial charge in [0.1, 0.15) is 0 Å². The first-order valence-corrected chi connectivity index (χ1v) is 3.01. The third kappa shape index (κ3) is 2.92. The third-order valence-electron chi connectivity index (χ3n) is 1.28. The first kappa shape index (κ1) is 6.35. The summed E-state index contributed by atoms with van der Waals surface area (Å²) in [6.45, 7) is 0.770. The minimum absolute atomic E-state index is 0.705. The summed E-state index contributed by atoms with van der Waals surface area (Å²) in [5.74, 6) is 0.705. The lowest BCUT2D eigenvalue weighted by Gasteiger charge is -1.99. The van der Waals surface area contributed by atoms with Gasteiger partial charge in [-0.2, -0.15) is 0 Å². The van der Waals surface area contributed by atoms with Gasteiger partial charge in [-0.25, -0.2) is 10.2 Å². The Morgan fingerprint density at radius 2 is 2.33 bits per heavy atom. The van der Waals surface area contributed by atoms with Crippen LogP contribution in [-0.2, 0) is 0 Å². The molecule has 4 nitrogen and oxygen atoms in total. The first-order valence-electron chi connectivity index (χ1n) is 3.01. The molecule has 1 saturated carbocycles. The quantitative estimate of drug-likeness (QED) is 0.477. The summed E-state index contributed by atoms with van der Waals surface area (Å²) in [4.78, 5) is 9.83. The molecule has 1 amide bonds. The van der Waals surface area contributed by atoms with E-state index in [1.54, 1.807) is 0 Å². The van der Waals surface area contributed by atoms with Crippen molar-refractivity contribution < 1.29 is 9.90 Å². The van der Waals surface area contributed by atoms with Gasteiger partial charge in [-0.3, -0.25) is 5.43 Å². The maximum absolute atomic E-state index is 9.83. The molecular weight excluding hydrogens is 120 g/mol. The van der Waals surface area contributed by atoms with Gasteiger partial charge >= 0.3 is 6.09 Å². The van der Waals surface area contributed by atoms with Crippen LogP contribution in [0.25, 0.3) is 0 Å². The smallest absolute Gasteiger partial charge is 0.419 e. The summed E-state index contributed by atoms with van der Waals surface area (Å²) in [5.41, 5.74) is 4.68. The van der Waals surface area contributed by atoms with Crippen molar-refractivity contribution in [1.82, 2.24) is 10.9 Å². The van der Waals surface area contributed by atoms with Crippen LogP contribution in [0.5, 0.6) is 0 Å². The number of hydrazine groups is 1. The Morgan fingerprint density at radius 1 is 1.67 bits per heavy atom. The molecule has 4 heteroatoms. The molecule has 1 rings (SSSR count). The summed E-state index contributed by atoms with van der Waals surface area (Å²) in [5, 5.41) is 8.07. The molecule has 0 atom stereocenters. The predicted octanol–water partition coefficient (Wildman–Crippen LogP) is 0.169. The molecule has 3 N–H and O–H groups in total. The van der Waals surface area contributed by atoms with E-state index in [9.17, 15) is 4.79 Å². The molecule has 0 heterocycles. The van der Waals surface area contributed by atoms with Crippen molar-refractivity contribution in [3.05, 3.63) is 0 Å². The van der Waals surface area contributed by atoms with Gasteiger partial charge in [0.2, 0.25) is 0 Å². The minimum Gasteiger partial charge on any atom is -0.464 e. The van der Waals surface area contributed by atoms with Crippen molar-refractivity contribution in [1.29, 1.82) is 0 Å². The summed E-state index contributed by atoms with van der Waals surface area (Å²) in [7, 11) is 0. The zero-order valence-corrected chi connectivity index (χ0v) is 5.05. The van der Waals surface area contributed by atoms with Crippen LogP contribution in [0.2, 0.25) is 0 Å². The number of carboxylic acid groups (broad SMARTS) is 1. The Morgan fingerprint density at radius 3 is 2.78 bits per heavy atom. The minimum atomic E-state index is -1.02. The van der Waals surface area contributed by atoms with Crippen LogP contribution in [-0.4, -0.2) is 17.7 Å². The zero-order valence-electron chi connectivity index (χ0n) is 5.05.